The Hall–Kier alpha value is -0.600. The quantitative estimate of drug-likeness (QED) is 0.755. The maximum absolute atomic E-state index is 5.67. The minimum Gasteiger partial charge on any atom is -0.311 e. The minimum absolute atomic E-state index is 0.632. The van der Waals surface area contributed by atoms with Crippen LogP contribution in [-0.2, 0) is 6.54 Å². The Balaban J connectivity index is 2.25. The van der Waals surface area contributed by atoms with E-state index in [1.54, 1.807) is 0 Å². The summed E-state index contributed by atoms with van der Waals surface area (Å²) in [5.74, 6) is 1.37. The third kappa shape index (κ3) is 5.14. The van der Waals surface area contributed by atoms with E-state index in [4.69, 9.17) is 11.6 Å². The molecule has 0 aliphatic rings. The highest BCUT2D eigenvalue weighted by Crippen LogP contribution is 2.02. The number of alkyl halides is 1. The molecule has 0 bridgehead atoms. The molecule has 0 saturated heterocycles. The van der Waals surface area contributed by atoms with Gasteiger partial charge in [0.15, 0.2) is 0 Å². The van der Waals surface area contributed by atoms with Gasteiger partial charge in [-0.3, -0.25) is 4.98 Å². The Bertz CT molecular complexity index is 289. The lowest BCUT2D eigenvalue weighted by Crippen LogP contribution is -2.21. The van der Waals surface area contributed by atoms with Crippen LogP contribution in [0, 0.1) is 12.8 Å². The molecule has 1 aromatic rings. The number of pyridine rings is 1. The van der Waals surface area contributed by atoms with Crippen molar-refractivity contribution in [2.45, 2.75) is 26.8 Å². The van der Waals surface area contributed by atoms with Gasteiger partial charge in [0.1, 0.15) is 0 Å². The van der Waals surface area contributed by atoms with Crippen LogP contribution in [0.5, 0.6) is 0 Å². The SMILES string of the molecule is Cc1cccc(CNCC(C)CCCl)n1. The first-order valence-corrected chi connectivity index (χ1v) is 5.95. The highest BCUT2D eigenvalue weighted by molar-refractivity contribution is 6.17. The van der Waals surface area contributed by atoms with Gasteiger partial charge in [-0.25, -0.2) is 0 Å². The topological polar surface area (TPSA) is 24.9 Å². The number of halogens is 1. The molecule has 0 spiro atoms. The predicted octanol–water partition coefficient (Wildman–Crippen LogP) is 2.74. The van der Waals surface area contributed by atoms with Gasteiger partial charge in [0.2, 0.25) is 0 Å². The molecule has 1 aromatic heterocycles. The number of aryl methyl sites for hydroxylation is 1. The van der Waals surface area contributed by atoms with E-state index in [2.05, 4.69) is 17.2 Å². The van der Waals surface area contributed by atoms with Crippen LogP contribution in [0.4, 0.5) is 0 Å². The molecule has 0 amide bonds. The Morgan fingerprint density at radius 2 is 2.27 bits per heavy atom. The largest absolute Gasteiger partial charge is 0.311 e. The van der Waals surface area contributed by atoms with Crippen LogP contribution in [0.25, 0.3) is 0 Å². The molecule has 15 heavy (non-hydrogen) atoms. The molecule has 0 fully saturated rings. The molecule has 0 radical (unpaired) electrons. The van der Waals surface area contributed by atoms with Gasteiger partial charge in [-0.1, -0.05) is 13.0 Å². The third-order valence-electron chi connectivity index (χ3n) is 2.35. The molecule has 0 aliphatic heterocycles. The van der Waals surface area contributed by atoms with Crippen molar-refractivity contribution in [2.75, 3.05) is 12.4 Å². The van der Waals surface area contributed by atoms with Crippen molar-refractivity contribution in [2.24, 2.45) is 5.92 Å². The second-order valence-corrected chi connectivity index (χ2v) is 4.36. The van der Waals surface area contributed by atoms with Crippen molar-refractivity contribution in [3.63, 3.8) is 0 Å². The van der Waals surface area contributed by atoms with Crippen molar-refractivity contribution in [3.8, 4) is 0 Å². The minimum atomic E-state index is 0.632. The van der Waals surface area contributed by atoms with E-state index >= 15 is 0 Å². The fraction of sp³-hybridized carbons (Fsp3) is 0.583. The standard InChI is InChI=1S/C12H19ClN2/c1-10(6-7-13)8-14-9-12-5-3-4-11(2)15-12/h3-5,10,14H,6-9H2,1-2H3. The first kappa shape index (κ1) is 12.5. The second kappa shape index (κ2) is 6.81. The summed E-state index contributed by atoms with van der Waals surface area (Å²) in [5.41, 5.74) is 2.18. The molecule has 2 nitrogen and oxygen atoms in total. The predicted molar refractivity (Wildman–Crippen MR) is 65.2 cm³/mol. The van der Waals surface area contributed by atoms with Gasteiger partial charge in [-0.2, -0.15) is 0 Å². The maximum atomic E-state index is 5.67. The molecular formula is C12H19ClN2. The van der Waals surface area contributed by atoms with E-state index < -0.39 is 0 Å². The lowest BCUT2D eigenvalue weighted by Gasteiger charge is -2.10. The number of hydrogen-bond acceptors (Lipinski definition) is 2. The second-order valence-electron chi connectivity index (χ2n) is 3.98. The summed E-state index contributed by atoms with van der Waals surface area (Å²) in [7, 11) is 0. The van der Waals surface area contributed by atoms with Crippen molar-refractivity contribution in [1.82, 2.24) is 10.3 Å². The van der Waals surface area contributed by atoms with Gasteiger partial charge >= 0.3 is 0 Å². The van der Waals surface area contributed by atoms with Crippen molar-refractivity contribution in [3.05, 3.63) is 29.6 Å². The summed E-state index contributed by atoms with van der Waals surface area (Å²) in [6.45, 7) is 6.06. The fourth-order valence-electron chi connectivity index (χ4n) is 1.43. The van der Waals surface area contributed by atoms with Crippen LogP contribution in [0.1, 0.15) is 24.7 Å². The zero-order valence-electron chi connectivity index (χ0n) is 9.46. The van der Waals surface area contributed by atoms with Gasteiger partial charge in [-0.15, -0.1) is 11.6 Å². The number of nitrogens with one attached hydrogen (secondary N) is 1. The van der Waals surface area contributed by atoms with Gasteiger partial charge in [0, 0.05) is 18.1 Å². The Labute approximate surface area is 97.1 Å². The molecule has 1 atom stereocenters. The molecule has 0 aliphatic carbocycles. The van der Waals surface area contributed by atoms with E-state index in [0.717, 1.165) is 36.8 Å². The van der Waals surface area contributed by atoms with Crippen LogP contribution in [0.2, 0.25) is 0 Å². The summed E-state index contributed by atoms with van der Waals surface area (Å²) in [6, 6.07) is 6.10. The zero-order chi connectivity index (χ0) is 11.1. The van der Waals surface area contributed by atoms with Crippen LogP contribution >= 0.6 is 11.6 Å². The highest BCUT2D eigenvalue weighted by Gasteiger charge is 2.00. The monoisotopic (exact) mass is 226 g/mol. The average molecular weight is 227 g/mol. The van der Waals surface area contributed by atoms with E-state index in [1.807, 2.05) is 25.1 Å². The van der Waals surface area contributed by atoms with E-state index in [9.17, 15) is 0 Å². The number of aromatic nitrogens is 1. The maximum Gasteiger partial charge on any atom is 0.0544 e. The number of rotatable bonds is 6. The average Bonchev–Trinajstić information content (AvgIpc) is 2.18. The molecule has 1 unspecified atom stereocenters. The lowest BCUT2D eigenvalue weighted by molar-refractivity contribution is 0.499. The third-order valence-corrected chi connectivity index (χ3v) is 2.57. The first-order valence-electron chi connectivity index (χ1n) is 5.41. The van der Waals surface area contributed by atoms with Crippen LogP contribution in [0.3, 0.4) is 0 Å². The zero-order valence-corrected chi connectivity index (χ0v) is 10.2. The van der Waals surface area contributed by atoms with Crippen LogP contribution < -0.4 is 5.32 Å². The number of nitrogens with zero attached hydrogens (tertiary/aromatic N) is 1. The fourth-order valence-corrected chi connectivity index (χ4v) is 1.81. The van der Waals surface area contributed by atoms with Gasteiger partial charge in [-0.05, 0) is 37.9 Å². The lowest BCUT2D eigenvalue weighted by atomic mass is 10.1. The first-order chi connectivity index (χ1) is 7.22. The van der Waals surface area contributed by atoms with E-state index in [-0.39, 0.29) is 0 Å². The highest BCUT2D eigenvalue weighted by atomic mass is 35.5. The summed E-state index contributed by atoms with van der Waals surface area (Å²) < 4.78 is 0. The summed E-state index contributed by atoms with van der Waals surface area (Å²) in [5, 5.41) is 3.39. The summed E-state index contributed by atoms with van der Waals surface area (Å²) >= 11 is 5.67. The molecule has 3 heteroatoms. The smallest absolute Gasteiger partial charge is 0.0544 e. The molecular weight excluding hydrogens is 208 g/mol. The van der Waals surface area contributed by atoms with Crippen molar-refractivity contribution < 1.29 is 0 Å². The Morgan fingerprint density at radius 1 is 1.47 bits per heavy atom. The Kier molecular flexibility index (Phi) is 5.66. The van der Waals surface area contributed by atoms with Crippen LogP contribution in [-0.4, -0.2) is 17.4 Å². The molecule has 84 valence electrons. The van der Waals surface area contributed by atoms with Gasteiger partial charge < -0.3 is 5.32 Å². The van der Waals surface area contributed by atoms with Gasteiger partial charge in [0.05, 0.1) is 5.69 Å². The van der Waals surface area contributed by atoms with E-state index in [0.29, 0.717) is 5.92 Å². The summed E-state index contributed by atoms with van der Waals surface area (Å²) in [6.07, 6.45) is 1.07. The van der Waals surface area contributed by atoms with Gasteiger partial charge in [0.25, 0.3) is 0 Å². The number of hydrogen-bond donors (Lipinski definition) is 1. The van der Waals surface area contributed by atoms with E-state index in [1.165, 1.54) is 0 Å². The molecule has 0 saturated carbocycles. The Morgan fingerprint density at radius 3 is 2.93 bits per heavy atom. The molecule has 0 aromatic carbocycles. The van der Waals surface area contributed by atoms with Crippen LogP contribution in [0.15, 0.2) is 18.2 Å². The summed E-state index contributed by atoms with van der Waals surface area (Å²) in [4.78, 5) is 4.43. The molecule has 1 N–H and O–H groups in total. The molecule has 1 rings (SSSR count). The van der Waals surface area contributed by atoms with Crippen molar-refractivity contribution >= 4 is 11.6 Å². The molecule has 1 heterocycles. The normalized spacial score (nSPS) is 12.7. The van der Waals surface area contributed by atoms with Crippen molar-refractivity contribution in [1.29, 1.82) is 0 Å².